The molecule has 1 aromatic heterocycles. The van der Waals surface area contributed by atoms with Gasteiger partial charge in [0.25, 0.3) is 11.6 Å². The second-order valence-corrected chi connectivity index (χ2v) is 10.9. The Balaban J connectivity index is 1.41. The molecular formula is C21H24N4O6S2. The number of benzene rings is 1. The highest BCUT2D eigenvalue weighted by Crippen LogP contribution is 2.25. The fourth-order valence-electron chi connectivity index (χ4n) is 4.22. The van der Waals surface area contributed by atoms with Crippen LogP contribution in [-0.4, -0.2) is 78.0 Å². The lowest BCUT2D eigenvalue weighted by Crippen LogP contribution is -2.57. The number of carbonyl (C=O) groups is 2. The number of nitro benzene ring substituents is 1. The number of hydrogen-bond acceptors (Lipinski definition) is 7. The van der Waals surface area contributed by atoms with Gasteiger partial charge >= 0.3 is 0 Å². The Labute approximate surface area is 195 Å². The number of sulfonamides is 1. The van der Waals surface area contributed by atoms with Crippen molar-refractivity contribution in [3.63, 3.8) is 0 Å². The van der Waals surface area contributed by atoms with Gasteiger partial charge in [-0.1, -0.05) is 6.07 Å². The number of nitrogens with zero attached hydrogens (tertiary/aromatic N) is 4. The van der Waals surface area contributed by atoms with Crippen LogP contribution in [0.2, 0.25) is 0 Å². The van der Waals surface area contributed by atoms with Crippen LogP contribution >= 0.6 is 11.3 Å². The number of nitro groups is 1. The molecule has 0 radical (unpaired) electrons. The van der Waals surface area contributed by atoms with Gasteiger partial charge in [-0.25, -0.2) is 8.42 Å². The van der Waals surface area contributed by atoms with Crippen LogP contribution in [0.1, 0.15) is 28.9 Å². The molecule has 176 valence electrons. The number of rotatable bonds is 5. The molecular weight excluding hydrogens is 468 g/mol. The minimum Gasteiger partial charge on any atom is -0.338 e. The van der Waals surface area contributed by atoms with Crippen LogP contribution < -0.4 is 0 Å². The first-order valence-corrected chi connectivity index (χ1v) is 13.0. The molecule has 0 N–H and O–H groups in total. The summed E-state index contributed by atoms with van der Waals surface area (Å²) >= 11 is 1.35. The number of carbonyl (C=O) groups excluding carboxylic acids is 2. The van der Waals surface area contributed by atoms with Crippen molar-refractivity contribution in [3.8, 4) is 0 Å². The predicted molar refractivity (Wildman–Crippen MR) is 121 cm³/mol. The Morgan fingerprint density at radius 1 is 1.00 bits per heavy atom. The van der Waals surface area contributed by atoms with Crippen molar-refractivity contribution in [2.45, 2.75) is 30.2 Å². The summed E-state index contributed by atoms with van der Waals surface area (Å²) < 4.78 is 27.1. The average molecular weight is 493 g/mol. The van der Waals surface area contributed by atoms with Gasteiger partial charge in [-0.3, -0.25) is 19.7 Å². The number of likely N-dealkylation sites (tertiary alicyclic amines) is 1. The van der Waals surface area contributed by atoms with E-state index >= 15 is 0 Å². The molecule has 12 heteroatoms. The fourth-order valence-corrected chi connectivity index (χ4v) is 6.32. The molecule has 0 aliphatic carbocycles. The quantitative estimate of drug-likeness (QED) is 0.466. The van der Waals surface area contributed by atoms with Crippen LogP contribution in [0.4, 0.5) is 5.69 Å². The standard InChI is InChI=1S/C21H24N4O6S2/c26-20(18-4-1-2-10-24(18)21(27)19-5-3-15-32-19)22-11-13-23(14-12-22)33(30,31)17-8-6-16(7-9-17)25(28)29/h3,5-9,15,18H,1-2,4,10-14H2. The van der Waals surface area contributed by atoms with Gasteiger partial charge in [-0.05, 0) is 42.8 Å². The normalized spacial score (nSPS) is 19.9. The highest BCUT2D eigenvalue weighted by Gasteiger charge is 2.38. The zero-order chi connectivity index (χ0) is 23.6. The summed E-state index contributed by atoms with van der Waals surface area (Å²) in [4.78, 5) is 40.3. The molecule has 0 spiro atoms. The highest BCUT2D eigenvalue weighted by molar-refractivity contribution is 7.89. The van der Waals surface area contributed by atoms with E-state index in [9.17, 15) is 28.1 Å². The first-order valence-electron chi connectivity index (χ1n) is 10.7. The molecule has 0 saturated carbocycles. The summed E-state index contributed by atoms with van der Waals surface area (Å²) in [6.45, 7) is 1.22. The molecule has 0 bridgehead atoms. The van der Waals surface area contributed by atoms with E-state index in [1.807, 2.05) is 11.4 Å². The lowest BCUT2D eigenvalue weighted by Gasteiger charge is -2.40. The Morgan fingerprint density at radius 2 is 1.70 bits per heavy atom. The molecule has 2 aromatic rings. The first-order chi connectivity index (χ1) is 15.8. The van der Waals surface area contributed by atoms with E-state index in [1.165, 1.54) is 27.8 Å². The third-order valence-electron chi connectivity index (χ3n) is 6.02. The molecule has 33 heavy (non-hydrogen) atoms. The van der Waals surface area contributed by atoms with E-state index in [4.69, 9.17) is 0 Å². The Hall–Kier alpha value is -2.83. The third kappa shape index (κ3) is 4.77. The molecule has 3 heterocycles. The van der Waals surface area contributed by atoms with E-state index < -0.39 is 21.0 Å². The average Bonchev–Trinajstić information content (AvgIpc) is 3.38. The summed E-state index contributed by atoms with van der Waals surface area (Å²) in [5.74, 6) is -0.283. The number of thiophene rings is 1. The van der Waals surface area contributed by atoms with Crippen LogP contribution in [-0.2, 0) is 14.8 Å². The number of non-ortho nitro benzene ring substituents is 1. The second-order valence-electron chi connectivity index (χ2n) is 7.97. The van der Waals surface area contributed by atoms with Crippen LogP contribution in [0, 0.1) is 10.1 Å². The molecule has 10 nitrogen and oxygen atoms in total. The van der Waals surface area contributed by atoms with Crippen molar-refractivity contribution in [2.24, 2.45) is 0 Å². The number of piperazine rings is 1. The smallest absolute Gasteiger partial charge is 0.269 e. The maximum atomic E-state index is 13.3. The third-order valence-corrected chi connectivity index (χ3v) is 8.79. The zero-order valence-electron chi connectivity index (χ0n) is 17.8. The van der Waals surface area contributed by atoms with Gasteiger partial charge in [-0.15, -0.1) is 11.3 Å². The van der Waals surface area contributed by atoms with Crippen molar-refractivity contribution in [1.29, 1.82) is 0 Å². The SMILES string of the molecule is O=C(C1CCCCN1C(=O)c1cccs1)N1CCN(S(=O)(=O)c2ccc([N+](=O)[O-])cc2)CC1. The first kappa shape index (κ1) is 23.3. The molecule has 4 rings (SSSR count). The minimum atomic E-state index is -3.82. The minimum absolute atomic E-state index is 0.0205. The summed E-state index contributed by atoms with van der Waals surface area (Å²) in [6.07, 6.45) is 2.30. The monoisotopic (exact) mass is 492 g/mol. The van der Waals surface area contributed by atoms with E-state index in [-0.39, 0.29) is 48.6 Å². The van der Waals surface area contributed by atoms with Gasteiger partial charge in [0.15, 0.2) is 0 Å². The Morgan fingerprint density at radius 3 is 2.30 bits per heavy atom. The molecule has 2 saturated heterocycles. The van der Waals surface area contributed by atoms with Gasteiger partial charge in [-0.2, -0.15) is 4.31 Å². The summed E-state index contributed by atoms with van der Waals surface area (Å²) in [5.41, 5.74) is -0.182. The van der Waals surface area contributed by atoms with Crippen LogP contribution in [0.5, 0.6) is 0 Å². The van der Waals surface area contributed by atoms with Crippen molar-refractivity contribution < 1.29 is 22.9 Å². The molecule has 1 unspecified atom stereocenters. The maximum Gasteiger partial charge on any atom is 0.269 e. The highest BCUT2D eigenvalue weighted by atomic mass is 32.2. The molecule has 2 amide bonds. The topological polar surface area (TPSA) is 121 Å². The molecule has 2 aliphatic heterocycles. The second kappa shape index (κ2) is 9.57. The van der Waals surface area contributed by atoms with Crippen molar-refractivity contribution in [2.75, 3.05) is 32.7 Å². The number of hydrogen-bond donors (Lipinski definition) is 0. The van der Waals surface area contributed by atoms with Gasteiger partial charge in [0.1, 0.15) is 6.04 Å². The lowest BCUT2D eigenvalue weighted by molar-refractivity contribution is -0.384. The van der Waals surface area contributed by atoms with Crippen molar-refractivity contribution >= 4 is 38.9 Å². The predicted octanol–water partition coefficient (Wildman–Crippen LogP) is 2.18. The van der Waals surface area contributed by atoms with Crippen molar-refractivity contribution in [3.05, 3.63) is 56.8 Å². The lowest BCUT2D eigenvalue weighted by atomic mass is 10.00. The molecule has 2 aliphatic rings. The van der Waals surface area contributed by atoms with Gasteiger partial charge in [0, 0.05) is 44.9 Å². The zero-order valence-corrected chi connectivity index (χ0v) is 19.5. The fraction of sp³-hybridized carbons (Fsp3) is 0.429. The van der Waals surface area contributed by atoms with E-state index in [1.54, 1.807) is 15.9 Å². The van der Waals surface area contributed by atoms with Crippen LogP contribution in [0.3, 0.4) is 0 Å². The summed E-state index contributed by atoms with van der Waals surface area (Å²) in [7, 11) is -3.82. The molecule has 1 atom stereocenters. The molecule has 1 aromatic carbocycles. The van der Waals surface area contributed by atoms with Gasteiger partial charge in [0.05, 0.1) is 14.7 Å². The largest absolute Gasteiger partial charge is 0.338 e. The van der Waals surface area contributed by atoms with E-state index in [0.29, 0.717) is 17.8 Å². The van der Waals surface area contributed by atoms with Gasteiger partial charge in [0.2, 0.25) is 15.9 Å². The Bertz CT molecular complexity index is 1130. The Kier molecular flexibility index (Phi) is 6.77. The molecule has 2 fully saturated rings. The van der Waals surface area contributed by atoms with E-state index in [2.05, 4.69) is 0 Å². The maximum absolute atomic E-state index is 13.3. The van der Waals surface area contributed by atoms with Crippen LogP contribution in [0.25, 0.3) is 0 Å². The van der Waals surface area contributed by atoms with Crippen molar-refractivity contribution in [1.82, 2.24) is 14.1 Å². The van der Waals surface area contributed by atoms with Gasteiger partial charge < -0.3 is 9.80 Å². The summed E-state index contributed by atoms with van der Waals surface area (Å²) in [6, 6.07) is 7.80. The summed E-state index contributed by atoms with van der Waals surface area (Å²) in [5, 5.41) is 12.6. The number of amides is 2. The van der Waals surface area contributed by atoms with E-state index in [0.717, 1.165) is 25.0 Å². The number of piperidine rings is 1. The van der Waals surface area contributed by atoms with Crippen LogP contribution in [0.15, 0.2) is 46.7 Å².